The molecule has 4 fully saturated rings. The molecule has 0 amide bonds. The van der Waals surface area contributed by atoms with E-state index in [1.54, 1.807) is 0 Å². The molecule has 0 saturated heterocycles. The van der Waals surface area contributed by atoms with E-state index in [2.05, 4.69) is 34.6 Å². The van der Waals surface area contributed by atoms with Gasteiger partial charge in [0.15, 0.2) is 0 Å². The van der Waals surface area contributed by atoms with Crippen LogP contribution in [0.4, 0.5) is 0 Å². The molecule has 1 heteroatoms. The molecule has 4 aliphatic carbocycles. The van der Waals surface area contributed by atoms with Crippen LogP contribution < -0.4 is 0 Å². The number of hydrogen-bond donors (Lipinski definition) is 1. The van der Waals surface area contributed by atoms with Gasteiger partial charge in [0.1, 0.15) is 0 Å². The molecule has 0 radical (unpaired) electrons. The zero-order valence-corrected chi connectivity index (χ0v) is 20.3. The molecule has 0 spiro atoms. The predicted octanol–water partition coefficient (Wildman–Crippen LogP) is 7.86. The Morgan fingerprint density at radius 3 is 2.34 bits per heavy atom. The van der Waals surface area contributed by atoms with Gasteiger partial charge < -0.3 is 5.11 Å². The molecule has 4 rings (SSSR count). The fourth-order valence-electron chi connectivity index (χ4n) is 9.45. The van der Waals surface area contributed by atoms with Gasteiger partial charge in [-0.15, -0.1) is 0 Å². The molecule has 4 aliphatic rings. The molecule has 0 aromatic heterocycles. The Balaban J connectivity index is 1.41. The first-order chi connectivity index (χ1) is 13.8. The Kier molecular flexibility index (Phi) is 6.48. The summed E-state index contributed by atoms with van der Waals surface area (Å²) in [7, 11) is 0. The van der Waals surface area contributed by atoms with Crippen LogP contribution >= 0.6 is 0 Å². The molecule has 0 bridgehead atoms. The normalized spacial score (nSPS) is 48.1. The first-order valence-electron chi connectivity index (χ1n) is 13.5. The van der Waals surface area contributed by atoms with Gasteiger partial charge in [-0.2, -0.15) is 0 Å². The largest absolute Gasteiger partial charge is 0.393 e. The lowest BCUT2D eigenvalue weighted by molar-refractivity contribution is -0.127. The summed E-state index contributed by atoms with van der Waals surface area (Å²) in [5.41, 5.74) is 1.17. The molecular weight excluding hydrogens is 352 g/mol. The first kappa shape index (κ1) is 22.2. The monoisotopic (exact) mass is 402 g/mol. The van der Waals surface area contributed by atoms with Gasteiger partial charge in [-0.25, -0.2) is 0 Å². The smallest absolute Gasteiger partial charge is 0.0543 e. The fourth-order valence-corrected chi connectivity index (χ4v) is 9.45. The average Bonchev–Trinajstić information content (AvgIpc) is 3.02. The molecule has 1 nitrogen and oxygen atoms in total. The van der Waals surface area contributed by atoms with Crippen molar-refractivity contribution in [2.24, 2.45) is 52.3 Å². The van der Waals surface area contributed by atoms with E-state index in [-0.39, 0.29) is 6.10 Å². The molecule has 168 valence electrons. The first-order valence-corrected chi connectivity index (χ1v) is 13.5. The number of fused-ring (bicyclic) bond motifs is 5. The van der Waals surface area contributed by atoms with E-state index >= 15 is 0 Å². The number of aliphatic hydroxyl groups excluding tert-OH is 1. The predicted molar refractivity (Wildman–Crippen MR) is 124 cm³/mol. The van der Waals surface area contributed by atoms with Crippen LogP contribution in [0.15, 0.2) is 0 Å². The third kappa shape index (κ3) is 3.85. The lowest BCUT2D eigenvalue weighted by Gasteiger charge is -2.61. The van der Waals surface area contributed by atoms with Crippen LogP contribution in [0.1, 0.15) is 118 Å². The molecule has 9 atom stereocenters. The van der Waals surface area contributed by atoms with E-state index < -0.39 is 0 Å². The maximum Gasteiger partial charge on any atom is 0.0543 e. The van der Waals surface area contributed by atoms with E-state index in [1.807, 2.05) is 0 Å². The number of hydrogen-bond acceptors (Lipinski definition) is 1. The highest BCUT2D eigenvalue weighted by Gasteiger charge is 2.59. The van der Waals surface area contributed by atoms with Crippen molar-refractivity contribution >= 4 is 0 Å². The molecule has 0 aromatic carbocycles. The molecule has 0 aliphatic heterocycles. The molecular formula is C28H50O. The number of aliphatic hydroxyl groups is 1. The fraction of sp³-hybridized carbons (Fsp3) is 1.00. The summed E-state index contributed by atoms with van der Waals surface area (Å²) in [5, 5.41) is 10.3. The van der Waals surface area contributed by atoms with E-state index in [1.165, 1.54) is 70.6 Å². The summed E-state index contributed by atoms with van der Waals surface area (Å²) in [6, 6.07) is 0. The Hall–Kier alpha value is -0.0400. The summed E-state index contributed by atoms with van der Waals surface area (Å²) in [6.45, 7) is 12.6. The second-order valence-electron chi connectivity index (χ2n) is 12.7. The van der Waals surface area contributed by atoms with Gasteiger partial charge in [0, 0.05) is 0 Å². The standard InChI is InChI=1S/C28H50O/c1-6-20(19(2)3)8-7-9-21-11-13-25-24-12-10-22-18-23(29)14-16-28(22,5)26(24)15-17-27(21,25)4/h19-26,29H,6-18H2,1-5H3. The van der Waals surface area contributed by atoms with Gasteiger partial charge >= 0.3 is 0 Å². The summed E-state index contributed by atoms with van der Waals surface area (Å²) >= 11 is 0. The van der Waals surface area contributed by atoms with E-state index in [9.17, 15) is 5.11 Å². The SMILES string of the molecule is CCC(CCCC1CCC2C3CCC4CC(O)CCC4(C)C3CCC12C)C(C)C. The van der Waals surface area contributed by atoms with Crippen molar-refractivity contribution in [3.05, 3.63) is 0 Å². The van der Waals surface area contributed by atoms with Crippen molar-refractivity contribution in [2.45, 2.75) is 124 Å². The average molecular weight is 403 g/mol. The zero-order valence-electron chi connectivity index (χ0n) is 20.3. The quantitative estimate of drug-likeness (QED) is 0.479. The van der Waals surface area contributed by atoms with Crippen LogP contribution in [-0.4, -0.2) is 11.2 Å². The van der Waals surface area contributed by atoms with Crippen LogP contribution in [0, 0.1) is 52.3 Å². The van der Waals surface area contributed by atoms with Crippen LogP contribution in [0.5, 0.6) is 0 Å². The second-order valence-corrected chi connectivity index (χ2v) is 12.7. The van der Waals surface area contributed by atoms with E-state index in [4.69, 9.17) is 0 Å². The summed E-state index contributed by atoms with van der Waals surface area (Å²) in [5.74, 6) is 6.54. The minimum absolute atomic E-state index is 0.00729. The summed E-state index contributed by atoms with van der Waals surface area (Å²) < 4.78 is 0. The Morgan fingerprint density at radius 1 is 0.897 bits per heavy atom. The number of rotatable bonds is 6. The minimum Gasteiger partial charge on any atom is -0.393 e. The molecule has 4 saturated carbocycles. The Morgan fingerprint density at radius 2 is 1.62 bits per heavy atom. The molecule has 9 unspecified atom stereocenters. The van der Waals surface area contributed by atoms with E-state index in [0.717, 1.165) is 54.3 Å². The van der Waals surface area contributed by atoms with Crippen molar-refractivity contribution < 1.29 is 5.11 Å². The van der Waals surface area contributed by atoms with Crippen molar-refractivity contribution in [3.63, 3.8) is 0 Å². The molecule has 29 heavy (non-hydrogen) atoms. The second kappa shape index (κ2) is 8.48. The third-order valence-corrected chi connectivity index (χ3v) is 11.4. The summed E-state index contributed by atoms with van der Waals surface area (Å²) in [6.07, 6.45) is 18.1. The van der Waals surface area contributed by atoms with Crippen LogP contribution in [-0.2, 0) is 0 Å². The van der Waals surface area contributed by atoms with Gasteiger partial charge in [0.25, 0.3) is 0 Å². The minimum atomic E-state index is -0.00729. The van der Waals surface area contributed by atoms with Gasteiger partial charge in [-0.3, -0.25) is 0 Å². The highest BCUT2D eigenvalue weighted by Crippen LogP contribution is 2.67. The maximum atomic E-state index is 10.3. The van der Waals surface area contributed by atoms with Crippen LogP contribution in [0.3, 0.4) is 0 Å². The zero-order chi connectivity index (χ0) is 20.8. The third-order valence-electron chi connectivity index (χ3n) is 11.4. The molecule has 0 heterocycles. The van der Waals surface area contributed by atoms with Gasteiger partial charge in [0.05, 0.1) is 6.10 Å². The van der Waals surface area contributed by atoms with E-state index in [0.29, 0.717) is 10.8 Å². The van der Waals surface area contributed by atoms with Crippen molar-refractivity contribution in [3.8, 4) is 0 Å². The Bertz CT molecular complexity index is 555. The lowest BCUT2D eigenvalue weighted by atomic mass is 9.44. The van der Waals surface area contributed by atoms with Gasteiger partial charge in [-0.1, -0.05) is 53.9 Å². The van der Waals surface area contributed by atoms with Gasteiger partial charge in [-0.05, 0) is 116 Å². The highest BCUT2D eigenvalue weighted by molar-refractivity contribution is 5.09. The lowest BCUT2D eigenvalue weighted by Crippen LogP contribution is -2.53. The molecule has 1 N–H and O–H groups in total. The van der Waals surface area contributed by atoms with Crippen molar-refractivity contribution in [1.82, 2.24) is 0 Å². The van der Waals surface area contributed by atoms with Crippen LogP contribution in [0.2, 0.25) is 0 Å². The molecule has 0 aromatic rings. The van der Waals surface area contributed by atoms with Crippen LogP contribution in [0.25, 0.3) is 0 Å². The van der Waals surface area contributed by atoms with Crippen molar-refractivity contribution in [1.29, 1.82) is 0 Å². The van der Waals surface area contributed by atoms with Crippen molar-refractivity contribution in [2.75, 3.05) is 0 Å². The maximum absolute atomic E-state index is 10.3. The Labute approximate surface area is 181 Å². The topological polar surface area (TPSA) is 20.2 Å². The van der Waals surface area contributed by atoms with Gasteiger partial charge in [0.2, 0.25) is 0 Å². The summed E-state index contributed by atoms with van der Waals surface area (Å²) in [4.78, 5) is 0. The highest BCUT2D eigenvalue weighted by atomic mass is 16.3.